The van der Waals surface area contributed by atoms with Gasteiger partial charge in [0.25, 0.3) is 5.91 Å². The summed E-state index contributed by atoms with van der Waals surface area (Å²) in [7, 11) is 1.30. The molecule has 1 heterocycles. The van der Waals surface area contributed by atoms with Crippen LogP contribution in [0.3, 0.4) is 0 Å². The Morgan fingerprint density at radius 1 is 1.20 bits per heavy atom. The molecule has 10 heteroatoms. The van der Waals surface area contributed by atoms with Gasteiger partial charge in [-0.15, -0.1) is 0 Å². The topological polar surface area (TPSA) is 106 Å². The molecule has 7 nitrogen and oxygen atoms in total. The number of rotatable bonds is 4. The van der Waals surface area contributed by atoms with Crippen LogP contribution in [-0.2, 0) is 6.18 Å². The number of hydrogen-bond acceptors (Lipinski definition) is 4. The highest BCUT2D eigenvalue weighted by molar-refractivity contribution is 6.01. The molecule has 1 aromatic heterocycles. The van der Waals surface area contributed by atoms with Crippen LogP contribution in [0.5, 0.6) is 5.75 Å². The fraction of sp³-hybridized carbons (Fsp3) is 0.133. The van der Waals surface area contributed by atoms with Gasteiger partial charge in [0, 0.05) is 18.0 Å². The molecule has 2 rings (SSSR count). The molecule has 0 saturated heterocycles. The lowest BCUT2D eigenvalue weighted by Crippen LogP contribution is -2.23. The number of pyridine rings is 1. The van der Waals surface area contributed by atoms with E-state index in [1.54, 1.807) is 0 Å². The number of benzene rings is 1. The second kappa shape index (κ2) is 7.07. The highest BCUT2D eigenvalue weighted by Gasteiger charge is 2.34. The Bertz CT molecular complexity index is 809. The number of nitrogens with one attached hydrogen (secondary N) is 2. The van der Waals surface area contributed by atoms with Crippen molar-refractivity contribution < 1.29 is 27.5 Å². The van der Waals surface area contributed by atoms with Crippen molar-refractivity contribution in [3.8, 4) is 5.75 Å². The lowest BCUT2D eigenvalue weighted by atomic mass is 10.1. The Labute approximate surface area is 140 Å². The normalized spacial score (nSPS) is 10.9. The van der Waals surface area contributed by atoms with E-state index in [1.807, 2.05) is 5.32 Å². The predicted octanol–water partition coefficient (Wildman–Crippen LogP) is 2.85. The zero-order chi connectivity index (χ0) is 18.6. The molecule has 0 fully saturated rings. The lowest BCUT2D eigenvalue weighted by Gasteiger charge is -2.13. The number of primary amides is 1. The largest absolute Gasteiger partial charge is 0.496 e. The molecule has 4 N–H and O–H groups in total. The zero-order valence-corrected chi connectivity index (χ0v) is 12.8. The third kappa shape index (κ3) is 4.37. The number of urea groups is 1. The monoisotopic (exact) mass is 354 g/mol. The number of hydrogen-bond donors (Lipinski definition) is 3. The molecule has 0 radical (unpaired) electrons. The summed E-state index contributed by atoms with van der Waals surface area (Å²) in [6, 6.07) is 4.94. The van der Waals surface area contributed by atoms with E-state index in [0.717, 1.165) is 18.3 Å². The molecule has 1 aromatic carbocycles. The van der Waals surface area contributed by atoms with Gasteiger partial charge in [0.05, 0.1) is 18.2 Å². The first-order valence-electron chi connectivity index (χ1n) is 6.80. The number of aromatic nitrogens is 1. The highest BCUT2D eigenvalue weighted by Crippen LogP contribution is 2.33. The van der Waals surface area contributed by atoms with Gasteiger partial charge in [-0.3, -0.25) is 10.1 Å². The van der Waals surface area contributed by atoms with E-state index in [1.165, 1.54) is 25.3 Å². The number of nitrogens with zero attached hydrogens (tertiary/aromatic N) is 1. The SMILES string of the molecule is COc1cc(NC(=O)Nc2ncccc2C(F)(F)F)ccc1C(N)=O. The van der Waals surface area contributed by atoms with Gasteiger partial charge in [-0.1, -0.05) is 0 Å². The molecule has 0 aliphatic carbocycles. The van der Waals surface area contributed by atoms with Gasteiger partial charge in [-0.05, 0) is 24.3 Å². The fourth-order valence-corrected chi connectivity index (χ4v) is 1.98. The first kappa shape index (κ1) is 18.0. The lowest BCUT2D eigenvalue weighted by molar-refractivity contribution is -0.137. The summed E-state index contributed by atoms with van der Waals surface area (Å²) in [5.74, 6) is -1.25. The molecule has 0 spiro atoms. The van der Waals surface area contributed by atoms with Crippen LogP contribution < -0.4 is 21.1 Å². The maximum absolute atomic E-state index is 12.9. The summed E-state index contributed by atoms with van der Waals surface area (Å²) < 4.78 is 43.6. The maximum atomic E-state index is 12.9. The highest BCUT2D eigenvalue weighted by atomic mass is 19.4. The minimum absolute atomic E-state index is 0.0949. The second-order valence-electron chi connectivity index (χ2n) is 4.76. The van der Waals surface area contributed by atoms with Crippen LogP contribution in [-0.4, -0.2) is 24.0 Å². The van der Waals surface area contributed by atoms with Crippen LogP contribution in [0.25, 0.3) is 0 Å². The minimum Gasteiger partial charge on any atom is -0.496 e. The number of carbonyl (C=O) groups is 2. The van der Waals surface area contributed by atoms with E-state index in [9.17, 15) is 22.8 Å². The van der Waals surface area contributed by atoms with Crippen molar-refractivity contribution in [3.05, 3.63) is 47.7 Å². The third-order valence-electron chi connectivity index (χ3n) is 3.07. The van der Waals surface area contributed by atoms with Crippen LogP contribution in [0, 0.1) is 0 Å². The molecular weight excluding hydrogens is 341 g/mol. The first-order valence-corrected chi connectivity index (χ1v) is 6.80. The van der Waals surface area contributed by atoms with E-state index in [2.05, 4.69) is 10.3 Å². The van der Waals surface area contributed by atoms with Crippen molar-refractivity contribution in [3.63, 3.8) is 0 Å². The molecule has 25 heavy (non-hydrogen) atoms. The summed E-state index contributed by atoms with van der Waals surface area (Å²) in [6.45, 7) is 0. The van der Waals surface area contributed by atoms with Gasteiger partial charge in [-0.2, -0.15) is 13.2 Å². The van der Waals surface area contributed by atoms with Crippen molar-refractivity contribution in [1.82, 2.24) is 4.98 Å². The van der Waals surface area contributed by atoms with Gasteiger partial charge in [0.15, 0.2) is 0 Å². The molecule has 132 valence electrons. The van der Waals surface area contributed by atoms with Gasteiger partial charge < -0.3 is 15.8 Å². The number of ether oxygens (including phenoxy) is 1. The van der Waals surface area contributed by atoms with Crippen molar-refractivity contribution in [2.24, 2.45) is 5.73 Å². The van der Waals surface area contributed by atoms with E-state index < -0.39 is 29.5 Å². The van der Waals surface area contributed by atoms with Crippen molar-refractivity contribution in [2.45, 2.75) is 6.18 Å². The second-order valence-corrected chi connectivity index (χ2v) is 4.76. The predicted molar refractivity (Wildman–Crippen MR) is 83.4 cm³/mol. The smallest absolute Gasteiger partial charge is 0.419 e. The Balaban J connectivity index is 2.18. The summed E-state index contributed by atoms with van der Waals surface area (Å²) in [5.41, 5.74) is 4.37. The Morgan fingerprint density at radius 2 is 1.92 bits per heavy atom. The Kier molecular flexibility index (Phi) is 5.11. The quantitative estimate of drug-likeness (QED) is 0.785. The first-order chi connectivity index (χ1) is 11.7. The molecule has 3 amide bonds. The van der Waals surface area contributed by atoms with Gasteiger partial charge in [-0.25, -0.2) is 9.78 Å². The molecule has 0 aliphatic rings. The molecule has 0 atom stereocenters. The Morgan fingerprint density at radius 3 is 2.52 bits per heavy atom. The van der Waals surface area contributed by atoms with Crippen LogP contribution in [0.15, 0.2) is 36.5 Å². The van der Waals surface area contributed by atoms with Crippen LogP contribution in [0.1, 0.15) is 15.9 Å². The van der Waals surface area contributed by atoms with Crippen LogP contribution >= 0.6 is 0 Å². The Hall–Kier alpha value is -3.30. The summed E-state index contributed by atoms with van der Waals surface area (Å²) in [6.07, 6.45) is -3.54. The van der Waals surface area contributed by atoms with E-state index in [4.69, 9.17) is 10.5 Å². The third-order valence-corrected chi connectivity index (χ3v) is 3.07. The van der Waals surface area contributed by atoms with Crippen LogP contribution in [0.2, 0.25) is 0 Å². The summed E-state index contributed by atoms with van der Waals surface area (Å²) >= 11 is 0. The van der Waals surface area contributed by atoms with Crippen molar-refractivity contribution in [2.75, 3.05) is 17.7 Å². The van der Waals surface area contributed by atoms with Crippen molar-refractivity contribution >= 4 is 23.4 Å². The molecule has 0 aliphatic heterocycles. The number of alkyl halides is 3. The van der Waals surface area contributed by atoms with Crippen LogP contribution in [0.4, 0.5) is 29.5 Å². The van der Waals surface area contributed by atoms with Gasteiger partial charge >= 0.3 is 12.2 Å². The van der Waals surface area contributed by atoms with E-state index in [0.29, 0.717) is 0 Å². The van der Waals surface area contributed by atoms with Crippen molar-refractivity contribution in [1.29, 1.82) is 0 Å². The molecular formula is C15H13F3N4O3. The average Bonchev–Trinajstić information content (AvgIpc) is 2.53. The molecule has 0 saturated carbocycles. The number of nitrogens with two attached hydrogens (primary N) is 1. The minimum atomic E-state index is -4.66. The molecule has 0 unspecified atom stereocenters. The standard InChI is InChI=1S/C15H13F3N4O3/c1-25-11-7-8(4-5-9(11)12(19)23)21-14(24)22-13-10(15(16,17)18)3-2-6-20-13/h2-7H,1H3,(H2,19,23)(H2,20,21,22,24). The zero-order valence-electron chi connectivity index (χ0n) is 12.8. The van der Waals surface area contributed by atoms with E-state index >= 15 is 0 Å². The van der Waals surface area contributed by atoms with E-state index in [-0.39, 0.29) is 17.0 Å². The maximum Gasteiger partial charge on any atom is 0.419 e. The number of halogens is 3. The summed E-state index contributed by atoms with van der Waals surface area (Å²) in [4.78, 5) is 26.7. The van der Waals surface area contributed by atoms with Gasteiger partial charge in [0.2, 0.25) is 0 Å². The fourth-order valence-electron chi connectivity index (χ4n) is 1.98. The van der Waals surface area contributed by atoms with Gasteiger partial charge in [0.1, 0.15) is 11.6 Å². The average molecular weight is 354 g/mol. The molecule has 0 bridgehead atoms. The molecule has 2 aromatic rings. The number of carbonyl (C=O) groups excluding carboxylic acids is 2. The number of anilines is 2. The number of amides is 3. The number of methoxy groups -OCH3 is 1. The summed E-state index contributed by atoms with van der Waals surface area (Å²) in [5, 5.41) is 4.35.